The Morgan fingerprint density at radius 3 is 1.91 bits per heavy atom. The molecule has 0 radical (unpaired) electrons. The molecule has 0 spiro atoms. The lowest BCUT2D eigenvalue weighted by Gasteiger charge is -2.12. The molecular weight excluding hydrogens is 559 g/mol. The smallest absolute Gasteiger partial charge is 0.357 e. The number of esters is 2. The second kappa shape index (κ2) is 12.6. The molecule has 188 valence electrons. The van der Waals surface area contributed by atoms with E-state index in [9.17, 15) is 9.59 Å². The summed E-state index contributed by atoms with van der Waals surface area (Å²) in [7, 11) is 2.63. The predicted octanol–water partition coefficient (Wildman–Crippen LogP) is 6.09. The number of pyridine rings is 2. The second-order valence-electron chi connectivity index (χ2n) is 8.25. The van der Waals surface area contributed by atoms with Gasteiger partial charge >= 0.3 is 11.9 Å². The molecule has 0 amide bonds. The molecule has 2 aliphatic carbocycles. The van der Waals surface area contributed by atoms with E-state index in [1.165, 1.54) is 39.9 Å². The molecule has 0 aliphatic heterocycles. The minimum atomic E-state index is -0.512. The van der Waals surface area contributed by atoms with Crippen LogP contribution in [0.5, 0.6) is 0 Å². The van der Waals surface area contributed by atoms with Gasteiger partial charge in [0.25, 0.3) is 0 Å². The fourth-order valence-corrected chi connectivity index (χ4v) is 4.03. The highest BCUT2D eigenvalue weighted by Crippen LogP contribution is 2.33. The highest BCUT2D eigenvalue weighted by atomic mass is 79.9. The number of methoxy groups -OCH3 is 2. The van der Waals surface area contributed by atoms with Gasteiger partial charge in [-0.05, 0) is 65.6 Å². The van der Waals surface area contributed by atoms with Crippen molar-refractivity contribution in [3.05, 3.63) is 50.4 Å². The number of hydrogen-bond acceptors (Lipinski definition) is 8. The number of hydrogen-bond donors (Lipinski definition) is 2. The fourth-order valence-electron chi connectivity index (χ4n) is 3.14. The van der Waals surface area contributed by atoms with Gasteiger partial charge in [-0.1, -0.05) is 35.9 Å². The summed E-state index contributed by atoms with van der Waals surface area (Å²) >= 11 is 15.1. The lowest BCUT2D eigenvalue weighted by molar-refractivity contribution is 0.0584. The number of rotatable bonds is 9. The summed E-state index contributed by atoms with van der Waals surface area (Å²) in [6.07, 6.45) is 6.60. The summed E-state index contributed by atoms with van der Waals surface area (Å²) in [6.45, 7) is 5.48. The number of aromatic nitrogens is 2. The fraction of sp³-hybridized carbons (Fsp3) is 0.417. The normalized spacial score (nSPS) is 14.3. The summed E-state index contributed by atoms with van der Waals surface area (Å²) < 4.78 is 9.93. The average Bonchev–Trinajstić information content (AvgIpc) is 3.77. The van der Waals surface area contributed by atoms with E-state index in [-0.39, 0.29) is 21.7 Å². The lowest BCUT2D eigenvalue weighted by Crippen LogP contribution is -2.11. The zero-order chi connectivity index (χ0) is 25.5. The number of anilines is 2. The van der Waals surface area contributed by atoms with Crippen LogP contribution >= 0.6 is 39.1 Å². The third-order valence-electron chi connectivity index (χ3n) is 5.47. The third-order valence-corrected chi connectivity index (χ3v) is 6.66. The summed E-state index contributed by atoms with van der Waals surface area (Å²) in [5, 5.41) is 7.07. The Morgan fingerprint density at radius 1 is 0.971 bits per heavy atom. The van der Waals surface area contributed by atoms with Gasteiger partial charge in [-0.25, -0.2) is 19.6 Å². The molecule has 0 unspecified atom stereocenters. The number of ether oxygens (including phenoxy) is 2. The van der Waals surface area contributed by atoms with E-state index in [0.717, 1.165) is 36.3 Å². The van der Waals surface area contributed by atoms with E-state index >= 15 is 0 Å². The molecule has 2 aliphatic rings. The summed E-state index contributed by atoms with van der Waals surface area (Å²) in [5.41, 5.74) is 2.57. The molecule has 2 fully saturated rings. The van der Waals surface area contributed by atoms with Crippen LogP contribution in [0.4, 0.5) is 11.4 Å². The summed E-state index contributed by atoms with van der Waals surface area (Å²) in [4.78, 5) is 31.1. The molecule has 4 rings (SSSR count). The van der Waals surface area contributed by atoms with E-state index < -0.39 is 11.9 Å². The number of nitrogens with zero attached hydrogens (tertiary/aromatic N) is 2. The van der Waals surface area contributed by atoms with Crippen molar-refractivity contribution in [3.63, 3.8) is 0 Å². The van der Waals surface area contributed by atoms with Crippen molar-refractivity contribution in [2.24, 2.45) is 11.8 Å². The van der Waals surface area contributed by atoms with Gasteiger partial charge in [-0.3, -0.25) is 0 Å². The molecule has 2 aromatic rings. The lowest BCUT2D eigenvalue weighted by atomic mass is 10.1. The van der Waals surface area contributed by atoms with Gasteiger partial charge in [-0.2, -0.15) is 0 Å². The SMILES string of the molecule is C=Cc1c(NCC2CC2)cc(Cl)nc1C(=O)OC.COC(=O)c1nc(Cl)cc(NCC2CC2)c1Br. The first-order valence-corrected chi connectivity index (χ1v) is 12.7. The number of carbonyl (C=O) groups excluding carboxylic acids is 2. The van der Waals surface area contributed by atoms with Gasteiger partial charge in [0.05, 0.1) is 24.4 Å². The van der Waals surface area contributed by atoms with Crippen molar-refractivity contribution < 1.29 is 19.1 Å². The van der Waals surface area contributed by atoms with E-state index in [1.54, 1.807) is 18.2 Å². The number of halogens is 3. The van der Waals surface area contributed by atoms with Crippen LogP contribution in [-0.4, -0.2) is 49.2 Å². The molecule has 2 saturated carbocycles. The van der Waals surface area contributed by atoms with Crippen LogP contribution in [0.3, 0.4) is 0 Å². The van der Waals surface area contributed by atoms with Crippen molar-refractivity contribution in [1.29, 1.82) is 0 Å². The first-order valence-electron chi connectivity index (χ1n) is 11.1. The van der Waals surface area contributed by atoms with Crippen molar-refractivity contribution in [2.75, 3.05) is 37.9 Å². The Labute approximate surface area is 222 Å². The Morgan fingerprint density at radius 2 is 1.43 bits per heavy atom. The minimum absolute atomic E-state index is 0.193. The molecular formula is C24H27BrCl2N4O4. The van der Waals surface area contributed by atoms with Crippen LogP contribution < -0.4 is 10.6 Å². The molecule has 0 aromatic carbocycles. The standard InChI is InChI=1S/C13H15ClN2O2.C11H12BrClN2O2/c1-3-9-10(15-7-8-4-5-8)6-11(14)16-12(9)13(17)18-2;1-17-11(16)10-9(12)7(4-8(13)15-10)14-5-6-2-3-6/h3,6,8H,1,4-5,7H2,2H3,(H,15,16);4,6H,2-3,5H2,1H3,(H,14,15). The Kier molecular flexibility index (Phi) is 9.77. The van der Waals surface area contributed by atoms with Gasteiger partial charge in [0, 0.05) is 24.3 Å². The largest absolute Gasteiger partial charge is 0.464 e. The summed E-state index contributed by atoms with van der Waals surface area (Å²) in [5.74, 6) is 0.433. The first-order chi connectivity index (χ1) is 16.8. The zero-order valence-corrected chi connectivity index (χ0v) is 22.6. The Hall–Kier alpha value is -2.36. The molecule has 0 saturated heterocycles. The van der Waals surface area contributed by atoms with Crippen LogP contribution in [0.25, 0.3) is 6.08 Å². The van der Waals surface area contributed by atoms with Gasteiger partial charge in [0.15, 0.2) is 11.4 Å². The molecule has 2 aromatic heterocycles. The van der Waals surface area contributed by atoms with Crippen molar-refractivity contribution >= 4 is 68.5 Å². The molecule has 2 N–H and O–H groups in total. The van der Waals surface area contributed by atoms with Crippen molar-refractivity contribution in [1.82, 2.24) is 9.97 Å². The Balaban J connectivity index is 0.000000196. The molecule has 2 heterocycles. The molecule has 8 nitrogen and oxygen atoms in total. The van der Waals surface area contributed by atoms with Crippen LogP contribution in [0.15, 0.2) is 23.2 Å². The van der Waals surface area contributed by atoms with E-state index in [4.69, 9.17) is 27.9 Å². The van der Waals surface area contributed by atoms with Crippen molar-refractivity contribution in [3.8, 4) is 0 Å². The predicted molar refractivity (Wildman–Crippen MR) is 141 cm³/mol. The first kappa shape index (κ1) is 27.2. The molecule has 0 bridgehead atoms. The van der Waals surface area contributed by atoms with E-state index in [0.29, 0.717) is 10.0 Å². The van der Waals surface area contributed by atoms with Gasteiger partial charge in [0.2, 0.25) is 0 Å². The maximum atomic E-state index is 11.6. The molecule has 35 heavy (non-hydrogen) atoms. The highest BCUT2D eigenvalue weighted by molar-refractivity contribution is 9.10. The van der Waals surface area contributed by atoms with Gasteiger partial charge in [-0.15, -0.1) is 0 Å². The van der Waals surface area contributed by atoms with Crippen LogP contribution in [0.1, 0.15) is 52.2 Å². The zero-order valence-electron chi connectivity index (χ0n) is 19.5. The quantitative estimate of drug-likeness (QED) is 0.269. The maximum Gasteiger partial charge on any atom is 0.357 e. The number of nitrogens with one attached hydrogen (secondary N) is 2. The number of carbonyl (C=O) groups is 2. The van der Waals surface area contributed by atoms with Crippen LogP contribution in [0.2, 0.25) is 10.3 Å². The summed E-state index contributed by atoms with van der Waals surface area (Å²) in [6, 6.07) is 3.40. The Bertz CT molecular complexity index is 1110. The minimum Gasteiger partial charge on any atom is -0.464 e. The van der Waals surface area contributed by atoms with Gasteiger partial charge < -0.3 is 20.1 Å². The van der Waals surface area contributed by atoms with Crippen molar-refractivity contribution in [2.45, 2.75) is 25.7 Å². The topological polar surface area (TPSA) is 102 Å². The average molecular weight is 586 g/mol. The third kappa shape index (κ3) is 7.81. The van der Waals surface area contributed by atoms with E-state index in [1.807, 2.05) is 0 Å². The van der Waals surface area contributed by atoms with Crippen LogP contribution in [-0.2, 0) is 9.47 Å². The highest BCUT2D eigenvalue weighted by Gasteiger charge is 2.24. The molecule has 0 atom stereocenters. The molecule has 11 heteroatoms. The van der Waals surface area contributed by atoms with E-state index in [2.05, 4.69) is 47.8 Å². The van der Waals surface area contributed by atoms with Gasteiger partial charge in [0.1, 0.15) is 10.3 Å². The maximum absolute atomic E-state index is 11.6. The van der Waals surface area contributed by atoms with Crippen LogP contribution in [0, 0.1) is 11.8 Å². The second-order valence-corrected chi connectivity index (χ2v) is 9.81. The monoisotopic (exact) mass is 584 g/mol.